The van der Waals surface area contributed by atoms with E-state index in [-0.39, 0.29) is 5.02 Å². The Morgan fingerprint density at radius 2 is 1.92 bits per heavy atom. The van der Waals surface area contributed by atoms with Crippen molar-refractivity contribution in [1.29, 1.82) is 0 Å². The summed E-state index contributed by atoms with van der Waals surface area (Å²) < 4.78 is 5.16. The summed E-state index contributed by atoms with van der Waals surface area (Å²) in [5.74, 6) is -0.610. The second kappa shape index (κ2) is 9.43. The summed E-state index contributed by atoms with van der Waals surface area (Å²) in [5.41, 5.74) is 3.16. The van der Waals surface area contributed by atoms with Crippen molar-refractivity contribution in [3.05, 3.63) is 57.0 Å². The van der Waals surface area contributed by atoms with Gasteiger partial charge in [-0.1, -0.05) is 40.9 Å². The molecule has 0 radical (unpaired) electrons. The van der Waals surface area contributed by atoms with Gasteiger partial charge in [-0.05, 0) is 30.3 Å². The fourth-order valence-corrected chi connectivity index (χ4v) is 2.49. The predicted octanol–water partition coefficient (Wildman–Crippen LogP) is 4.13. The van der Waals surface area contributed by atoms with Gasteiger partial charge in [-0.3, -0.25) is 9.59 Å². The average Bonchev–Trinajstić information content (AvgIpc) is 2.59. The highest BCUT2D eigenvalue weighted by Crippen LogP contribution is 2.29. The third-order valence-electron chi connectivity index (χ3n) is 3.13. The van der Waals surface area contributed by atoms with Gasteiger partial charge in [-0.25, -0.2) is 5.43 Å². The maximum atomic E-state index is 11.9. The van der Waals surface area contributed by atoms with Gasteiger partial charge in [0.25, 0.3) is 0 Å². The molecule has 2 aromatic rings. The molecule has 0 aliphatic carbocycles. The standard InChI is InChI=1S/C17H14Cl3N3O3/c1-26-14-6-5-11(18)7-10(14)9-21-23-16(25)8-15(24)22-13-4-2-3-12(19)17(13)20/h2-7,9H,8H2,1H3,(H,22,24)(H,23,25). The number of ether oxygens (including phenoxy) is 1. The van der Waals surface area contributed by atoms with E-state index in [2.05, 4.69) is 15.8 Å². The first-order valence-corrected chi connectivity index (χ1v) is 8.43. The molecule has 0 saturated carbocycles. The van der Waals surface area contributed by atoms with Gasteiger partial charge in [0.15, 0.2) is 0 Å². The lowest BCUT2D eigenvalue weighted by molar-refractivity contribution is -0.126. The molecule has 9 heteroatoms. The lowest BCUT2D eigenvalue weighted by Crippen LogP contribution is -2.24. The number of anilines is 1. The number of hydrazone groups is 1. The van der Waals surface area contributed by atoms with Gasteiger partial charge in [0.05, 0.1) is 29.1 Å². The third-order valence-corrected chi connectivity index (χ3v) is 4.19. The lowest BCUT2D eigenvalue weighted by Gasteiger charge is -2.07. The SMILES string of the molecule is COc1ccc(Cl)cc1C=NNC(=O)CC(=O)Nc1cccc(Cl)c1Cl. The van der Waals surface area contributed by atoms with Crippen molar-refractivity contribution in [2.75, 3.05) is 12.4 Å². The van der Waals surface area contributed by atoms with Crippen molar-refractivity contribution < 1.29 is 14.3 Å². The number of carbonyl (C=O) groups excluding carboxylic acids is 2. The van der Waals surface area contributed by atoms with E-state index in [1.165, 1.54) is 13.3 Å². The van der Waals surface area contributed by atoms with Gasteiger partial charge in [0.1, 0.15) is 12.2 Å². The van der Waals surface area contributed by atoms with Crippen molar-refractivity contribution in [3.8, 4) is 5.75 Å². The lowest BCUT2D eigenvalue weighted by atomic mass is 10.2. The van der Waals surface area contributed by atoms with E-state index in [0.717, 1.165) is 0 Å². The Balaban J connectivity index is 1.91. The molecule has 0 atom stereocenters. The highest BCUT2D eigenvalue weighted by Gasteiger charge is 2.12. The van der Waals surface area contributed by atoms with Gasteiger partial charge in [0.2, 0.25) is 11.8 Å². The van der Waals surface area contributed by atoms with Crippen LogP contribution in [0.2, 0.25) is 15.1 Å². The molecule has 2 rings (SSSR count). The monoisotopic (exact) mass is 413 g/mol. The fourth-order valence-electron chi connectivity index (χ4n) is 1.96. The highest BCUT2D eigenvalue weighted by molar-refractivity contribution is 6.44. The Bertz CT molecular complexity index is 856. The van der Waals surface area contributed by atoms with E-state index in [1.54, 1.807) is 36.4 Å². The quantitative estimate of drug-likeness (QED) is 0.424. The zero-order valence-electron chi connectivity index (χ0n) is 13.6. The molecule has 0 aromatic heterocycles. The maximum absolute atomic E-state index is 11.9. The number of rotatable bonds is 6. The van der Waals surface area contributed by atoms with Gasteiger partial charge in [0, 0.05) is 10.6 Å². The van der Waals surface area contributed by atoms with Crippen molar-refractivity contribution in [3.63, 3.8) is 0 Å². The summed E-state index contributed by atoms with van der Waals surface area (Å²) in [6.07, 6.45) is 0.932. The minimum absolute atomic E-state index is 0.203. The number of hydrogen-bond donors (Lipinski definition) is 2. The zero-order valence-corrected chi connectivity index (χ0v) is 15.8. The number of nitrogens with zero attached hydrogens (tertiary/aromatic N) is 1. The third kappa shape index (κ3) is 5.62. The molecular formula is C17H14Cl3N3O3. The van der Waals surface area contributed by atoms with E-state index >= 15 is 0 Å². The van der Waals surface area contributed by atoms with Crippen LogP contribution >= 0.6 is 34.8 Å². The van der Waals surface area contributed by atoms with Crippen LogP contribution in [0.3, 0.4) is 0 Å². The summed E-state index contributed by atoms with van der Waals surface area (Å²) in [6, 6.07) is 9.77. The zero-order chi connectivity index (χ0) is 19.1. The van der Waals surface area contributed by atoms with E-state index in [9.17, 15) is 9.59 Å². The van der Waals surface area contributed by atoms with E-state index in [1.807, 2.05) is 0 Å². The second-order valence-electron chi connectivity index (χ2n) is 5.01. The molecule has 26 heavy (non-hydrogen) atoms. The first-order chi connectivity index (χ1) is 12.4. The Morgan fingerprint density at radius 3 is 2.65 bits per heavy atom. The van der Waals surface area contributed by atoms with Crippen LogP contribution in [0.1, 0.15) is 12.0 Å². The smallest absolute Gasteiger partial charge is 0.249 e. The topological polar surface area (TPSA) is 79.8 Å². The Morgan fingerprint density at radius 1 is 1.15 bits per heavy atom. The number of nitrogens with one attached hydrogen (secondary N) is 2. The van der Waals surface area contributed by atoms with Crippen LogP contribution in [0.15, 0.2) is 41.5 Å². The minimum Gasteiger partial charge on any atom is -0.496 e. The van der Waals surface area contributed by atoms with E-state index in [4.69, 9.17) is 39.5 Å². The number of carbonyl (C=O) groups is 2. The van der Waals surface area contributed by atoms with Crippen LogP contribution in [-0.4, -0.2) is 25.1 Å². The van der Waals surface area contributed by atoms with Gasteiger partial charge < -0.3 is 10.1 Å². The number of methoxy groups -OCH3 is 1. The predicted molar refractivity (Wildman–Crippen MR) is 103 cm³/mol. The van der Waals surface area contributed by atoms with E-state index in [0.29, 0.717) is 27.0 Å². The molecule has 0 spiro atoms. The summed E-state index contributed by atoms with van der Waals surface area (Å²) in [4.78, 5) is 23.7. The number of amides is 2. The van der Waals surface area contributed by atoms with Crippen LogP contribution in [0, 0.1) is 0 Å². The average molecular weight is 415 g/mol. The maximum Gasteiger partial charge on any atom is 0.249 e. The number of benzene rings is 2. The van der Waals surface area contributed by atoms with Crippen LogP contribution in [0.25, 0.3) is 0 Å². The van der Waals surface area contributed by atoms with Crippen LogP contribution in [0.5, 0.6) is 5.75 Å². The van der Waals surface area contributed by atoms with Crippen LogP contribution in [0.4, 0.5) is 5.69 Å². The molecular weight excluding hydrogens is 401 g/mol. The van der Waals surface area contributed by atoms with Crippen molar-refractivity contribution in [1.82, 2.24) is 5.43 Å². The molecule has 0 unspecified atom stereocenters. The molecule has 2 aromatic carbocycles. The van der Waals surface area contributed by atoms with Gasteiger partial charge in [-0.2, -0.15) is 5.10 Å². The molecule has 2 amide bonds. The Labute approximate surface area is 165 Å². The summed E-state index contributed by atoms with van der Waals surface area (Å²) >= 11 is 17.7. The molecule has 0 saturated heterocycles. The fraction of sp³-hybridized carbons (Fsp3) is 0.118. The molecule has 0 heterocycles. The molecule has 0 bridgehead atoms. The molecule has 2 N–H and O–H groups in total. The van der Waals surface area contributed by atoms with Crippen LogP contribution in [-0.2, 0) is 9.59 Å². The molecule has 136 valence electrons. The number of halogens is 3. The van der Waals surface area contributed by atoms with Crippen molar-refractivity contribution in [2.45, 2.75) is 6.42 Å². The molecule has 0 fully saturated rings. The van der Waals surface area contributed by atoms with E-state index < -0.39 is 18.2 Å². The molecule has 0 aliphatic rings. The second-order valence-corrected chi connectivity index (χ2v) is 6.23. The minimum atomic E-state index is -0.599. The van der Waals surface area contributed by atoms with Gasteiger partial charge >= 0.3 is 0 Å². The largest absolute Gasteiger partial charge is 0.496 e. The van der Waals surface area contributed by atoms with Gasteiger partial charge in [-0.15, -0.1) is 0 Å². The summed E-state index contributed by atoms with van der Waals surface area (Å²) in [6.45, 7) is 0. The van der Waals surface area contributed by atoms with Crippen LogP contribution < -0.4 is 15.5 Å². The summed E-state index contributed by atoms with van der Waals surface area (Å²) in [7, 11) is 1.50. The molecule has 6 nitrogen and oxygen atoms in total. The first-order valence-electron chi connectivity index (χ1n) is 7.30. The van der Waals surface area contributed by atoms with Crippen molar-refractivity contribution in [2.24, 2.45) is 5.10 Å². The Kier molecular flexibility index (Phi) is 7.26. The van der Waals surface area contributed by atoms with Crippen molar-refractivity contribution >= 4 is 58.5 Å². The summed E-state index contributed by atoms with van der Waals surface area (Å²) in [5, 5.41) is 7.30. The Hall–Kier alpha value is -2.28. The highest BCUT2D eigenvalue weighted by atomic mass is 35.5. The molecule has 0 aliphatic heterocycles. The normalized spacial score (nSPS) is 10.6. The number of hydrogen-bond acceptors (Lipinski definition) is 4. The first kappa shape index (κ1) is 20.0.